The lowest BCUT2D eigenvalue weighted by molar-refractivity contribution is -0.0839. The molecule has 0 aliphatic carbocycles. The Morgan fingerprint density at radius 3 is 1.33 bits per heavy atom. The molecule has 0 spiro atoms. The first-order chi connectivity index (χ1) is 13.1. The minimum atomic E-state index is -0.848. The molecule has 0 radical (unpaired) electrons. The minimum Gasteiger partial charge on any atom is -0.497 e. The summed E-state index contributed by atoms with van der Waals surface area (Å²) in [7, 11) is 3.24. The second-order valence-electron chi connectivity index (χ2n) is 6.50. The topological polar surface area (TPSA) is 77.4 Å². The number of benzene rings is 2. The fourth-order valence-corrected chi connectivity index (χ4v) is 2.49. The Balaban J connectivity index is 1.81. The van der Waals surface area contributed by atoms with Crippen LogP contribution in [0.1, 0.15) is 11.1 Å². The number of ether oxygens (including phenoxy) is 4. The highest BCUT2D eigenvalue weighted by atomic mass is 16.5. The number of aliphatic hydroxyl groups is 2. The van der Waals surface area contributed by atoms with E-state index in [9.17, 15) is 10.2 Å². The molecule has 6 nitrogen and oxygen atoms in total. The highest BCUT2D eigenvalue weighted by Crippen LogP contribution is 2.20. The van der Waals surface area contributed by atoms with Crippen LogP contribution in [-0.4, -0.2) is 50.9 Å². The second kappa shape index (κ2) is 10.9. The van der Waals surface area contributed by atoms with Gasteiger partial charge in [-0.25, -0.2) is 0 Å². The van der Waals surface area contributed by atoms with Crippen molar-refractivity contribution in [2.45, 2.75) is 13.2 Å². The van der Waals surface area contributed by atoms with Gasteiger partial charge in [-0.15, -0.1) is 0 Å². The van der Waals surface area contributed by atoms with Gasteiger partial charge in [-0.3, -0.25) is 0 Å². The molecule has 0 aliphatic heterocycles. The van der Waals surface area contributed by atoms with Gasteiger partial charge in [0.25, 0.3) is 0 Å². The van der Waals surface area contributed by atoms with E-state index in [4.69, 9.17) is 18.9 Å². The predicted octanol–water partition coefficient (Wildman–Crippen LogP) is 2.41. The molecule has 0 atom stereocenters. The number of hydrogen-bond donors (Lipinski definition) is 2. The number of aliphatic hydroxyl groups excluding tert-OH is 2. The fraction of sp³-hybridized carbons (Fsp3) is 0.429. The van der Waals surface area contributed by atoms with Gasteiger partial charge < -0.3 is 29.2 Å². The van der Waals surface area contributed by atoms with E-state index in [2.05, 4.69) is 0 Å². The zero-order valence-electron chi connectivity index (χ0n) is 15.9. The SMILES string of the molecule is COc1ccc(COCC(CO)(CO)COCc2ccc(OC)cc2)cc1. The van der Waals surface area contributed by atoms with E-state index >= 15 is 0 Å². The van der Waals surface area contributed by atoms with Crippen molar-refractivity contribution < 1.29 is 29.2 Å². The van der Waals surface area contributed by atoms with Crippen LogP contribution in [0.15, 0.2) is 48.5 Å². The van der Waals surface area contributed by atoms with E-state index in [-0.39, 0.29) is 26.4 Å². The molecular formula is C21H28O6. The van der Waals surface area contributed by atoms with Crippen molar-refractivity contribution in [1.29, 1.82) is 0 Å². The van der Waals surface area contributed by atoms with Gasteiger partial charge in [0.1, 0.15) is 11.5 Å². The zero-order valence-corrected chi connectivity index (χ0v) is 15.9. The normalized spacial score (nSPS) is 11.4. The molecule has 0 aliphatic rings. The van der Waals surface area contributed by atoms with Crippen molar-refractivity contribution in [3.8, 4) is 11.5 Å². The summed E-state index contributed by atoms with van der Waals surface area (Å²) in [6.45, 7) is 0.682. The lowest BCUT2D eigenvalue weighted by Crippen LogP contribution is -2.39. The van der Waals surface area contributed by atoms with Crippen LogP contribution in [0.2, 0.25) is 0 Å². The van der Waals surface area contributed by atoms with Crippen molar-refractivity contribution in [1.82, 2.24) is 0 Å². The van der Waals surface area contributed by atoms with Gasteiger partial charge in [-0.2, -0.15) is 0 Å². The first-order valence-corrected chi connectivity index (χ1v) is 8.78. The third kappa shape index (κ3) is 6.52. The van der Waals surface area contributed by atoms with Crippen LogP contribution in [0, 0.1) is 5.41 Å². The lowest BCUT2D eigenvalue weighted by Gasteiger charge is -2.29. The van der Waals surface area contributed by atoms with Crippen LogP contribution in [0.3, 0.4) is 0 Å². The summed E-state index contributed by atoms with van der Waals surface area (Å²) in [5, 5.41) is 19.5. The zero-order chi connectivity index (χ0) is 19.5. The summed E-state index contributed by atoms with van der Waals surface area (Å²) in [5.74, 6) is 1.57. The molecule has 0 amide bonds. The van der Waals surface area contributed by atoms with E-state index in [1.54, 1.807) is 14.2 Å². The Morgan fingerprint density at radius 2 is 1.04 bits per heavy atom. The number of methoxy groups -OCH3 is 2. The van der Waals surface area contributed by atoms with E-state index in [1.807, 2.05) is 48.5 Å². The molecule has 0 heterocycles. The van der Waals surface area contributed by atoms with Crippen LogP contribution in [0.25, 0.3) is 0 Å². The third-order valence-corrected chi connectivity index (χ3v) is 4.34. The minimum absolute atomic E-state index is 0.189. The molecule has 148 valence electrons. The monoisotopic (exact) mass is 376 g/mol. The summed E-state index contributed by atoms with van der Waals surface area (Å²) >= 11 is 0. The van der Waals surface area contributed by atoms with E-state index < -0.39 is 5.41 Å². The van der Waals surface area contributed by atoms with Gasteiger partial charge >= 0.3 is 0 Å². The molecule has 2 aromatic carbocycles. The molecule has 0 saturated carbocycles. The van der Waals surface area contributed by atoms with E-state index in [0.29, 0.717) is 13.2 Å². The standard InChI is InChI=1S/C21H28O6/c1-24-19-7-3-17(4-8-19)11-26-15-21(13-22,14-23)16-27-12-18-5-9-20(25-2)10-6-18/h3-10,22-23H,11-16H2,1-2H3. The maximum absolute atomic E-state index is 9.75. The third-order valence-electron chi connectivity index (χ3n) is 4.34. The largest absolute Gasteiger partial charge is 0.497 e. The van der Waals surface area contributed by atoms with Gasteiger partial charge in [0, 0.05) is 0 Å². The molecule has 27 heavy (non-hydrogen) atoms. The van der Waals surface area contributed by atoms with Crippen LogP contribution in [0.5, 0.6) is 11.5 Å². The van der Waals surface area contributed by atoms with Crippen molar-refractivity contribution >= 4 is 0 Å². The van der Waals surface area contributed by atoms with Crippen molar-refractivity contribution in [3.63, 3.8) is 0 Å². The smallest absolute Gasteiger partial charge is 0.118 e. The summed E-state index contributed by atoms with van der Waals surface area (Å²) in [6, 6.07) is 15.1. The van der Waals surface area contributed by atoms with Gasteiger partial charge in [-0.05, 0) is 35.4 Å². The average molecular weight is 376 g/mol. The Morgan fingerprint density at radius 1 is 0.667 bits per heavy atom. The van der Waals surface area contributed by atoms with Crippen LogP contribution in [0.4, 0.5) is 0 Å². The molecule has 2 rings (SSSR count). The molecule has 0 saturated heterocycles. The van der Waals surface area contributed by atoms with Crippen LogP contribution >= 0.6 is 0 Å². The second-order valence-corrected chi connectivity index (χ2v) is 6.50. The average Bonchev–Trinajstić information content (AvgIpc) is 2.73. The van der Waals surface area contributed by atoms with Crippen LogP contribution < -0.4 is 9.47 Å². The summed E-state index contributed by atoms with van der Waals surface area (Å²) in [4.78, 5) is 0. The Hall–Kier alpha value is -2.12. The highest BCUT2D eigenvalue weighted by Gasteiger charge is 2.30. The quantitative estimate of drug-likeness (QED) is 0.592. The molecule has 0 bridgehead atoms. The van der Waals surface area contributed by atoms with Crippen molar-refractivity contribution in [2.75, 3.05) is 40.6 Å². The van der Waals surface area contributed by atoms with Gasteiger partial charge in [-0.1, -0.05) is 24.3 Å². The number of rotatable bonds is 12. The molecule has 0 unspecified atom stereocenters. The molecule has 6 heteroatoms. The Kier molecular flexibility index (Phi) is 8.54. The summed E-state index contributed by atoms with van der Waals surface area (Å²) < 4.78 is 21.7. The van der Waals surface area contributed by atoms with Crippen molar-refractivity contribution in [3.05, 3.63) is 59.7 Å². The highest BCUT2D eigenvalue weighted by molar-refractivity contribution is 5.27. The van der Waals surface area contributed by atoms with Gasteiger partial charge in [0.05, 0.1) is 59.3 Å². The molecule has 0 aromatic heterocycles. The maximum atomic E-state index is 9.75. The molecule has 2 N–H and O–H groups in total. The summed E-state index contributed by atoms with van der Waals surface area (Å²) in [6.07, 6.45) is 0. The first-order valence-electron chi connectivity index (χ1n) is 8.78. The Labute approximate surface area is 160 Å². The predicted molar refractivity (Wildman–Crippen MR) is 102 cm³/mol. The Bertz CT molecular complexity index is 594. The lowest BCUT2D eigenvalue weighted by atomic mass is 9.92. The van der Waals surface area contributed by atoms with E-state index in [0.717, 1.165) is 22.6 Å². The maximum Gasteiger partial charge on any atom is 0.118 e. The molecule has 2 aromatic rings. The summed E-state index contributed by atoms with van der Waals surface area (Å²) in [5.41, 5.74) is 1.12. The van der Waals surface area contributed by atoms with E-state index in [1.165, 1.54) is 0 Å². The van der Waals surface area contributed by atoms with Crippen LogP contribution in [-0.2, 0) is 22.7 Å². The van der Waals surface area contributed by atoms with Gasteiger partial charge in [0.2, 0.25) is 0 Å². The first kappa shape index (κ1) is 21.2. The molecule has 0 fully saturated rings. The van der Waals surface area contributed by atoms with Crippen molar-refractivity contribution in [2.24, 2.45) is 5.41 Å². The molecular weight excluding hydrogens is 348 g/mol. The number of hydrogen-bond acceptors (Lipinski definition) is 6. The fourth-order valence-electron chi connectivity index (χ4n) is 2.49. The van der Waals surface area contributed by atoms with Gasteiger partial charge in [0.15, 0.2) is 0 Å².